The minimum Gasteiger partial charge on any atom is -0.326 e. The number of anilines is 1. The van der Waals surface area contributed by atoms with Gasteiger partial charge in [-0.25, -0.2) is 4.39 Å². The van der Waals surface area contributed by atoms with Crippen molar-refractivity contribution in [1.29, 1.82) is 0 Å². The van der Waals surface area contributed by atoms with E-state index in [-0.39, 0.29) is 17.0 Å². The van der Waals surface area contributed by atoms with Crippen LogP contribution in [-0.2, 0) is 4.79 Å². The van der Waals surface area contributed by atoms with Crippen LogP contribution in [0.2, 0.25) is 0 Å². The maximum Gasteiger partial charge on any atom is 0.272 e. The number of rotatable bonds is 4. The number of nitrogens with one attached hydrogen (secondary N) is 3. The predicted octanol–water partition coefficient (Wildman–Crippen LogP) is 2.25. The lowest BCUT2D eigenvalue weighted by Gasteiger charge is -2.09. The van der Waals surface area contributed by atoms with Gasteiger partial charge in [0.1, 0.15) is 5.82 Å². The largest absolute Gasteiger partial charge is 0.326 e. The molecule has 0 aromatic heterocycles. The first-order valence-electron chi connectivity index (χ1n) is 7.26. The van der Waals surface area contributed by atoms with E-state index in [2.05, 4.69) is 16.2 Å². The molecule has 0 saturated heterocycles. The van der Waals surface area contributed by atoms with Gasteiger partial charge in [-0.3, -0.25) is 25.2 Å². The van der Waals surface area contributed by atoms with Crippen LogP contribution in [0.1, 0.15) is 34.1 Å². The van der Waals surface area contributed by atoms with Crippen molar-refractivity contribution in [2.45, 2.75) is 13.3 Å². The van der Waals surface area contributed by atoms with Crippen LogP contribution in [0, 0.1) is 5.82 Å². The molecule has 24 heavy (non-hydrogen) atoms. The topological polar surface area (TPSA) is 87.3 Å². The summed E-state index contributed by atoms with van der Waals surface area (Å²) in [5, 5.41) is 2.65. The molecule has 7 heteroatoms. The summed E-state index contributed by atoms with van der Waals surface area (Å²) in [5.74, 6) is -2.13. The van der Waals surface area contributed by atoms with Crippen molar-refractivity contribution in [2.24, 2.45) is 0 Å². The Morgan fingerprint density at radius 2 is 1.54 bits per heavy atom. The summed E-state index contributed by atoms with van der Waals surface area (Å²) in [7, 11) is 0. The summed E-state index contributed by atoms with van der Waals surface area (Å²) in [5.41, 5.74) is 5.02. The van der Waals surface area contributed by atoms with Gasteiger partial charge in [0.2, 0.25) is 5.91 Å². The van der Waals surface area contributed by atoms with E-state index in [1.165, 1.54) is 30.3 Å². The Labute approximate surface area is 138 Å². The lowest BCUT2D eigenvalue weighted by Crippen LogP contribution is -2.41. The number of amides is 3. The van der Waals surface area contributed by atoms with Crippen LogP contribution in [0.3, 0.4) is 0 Å². The minimum absolute atomic E-state index is 0.135. The van der Waals surface area contributed by atoms with Gasteiger partial charge in [-0.05, 0) is 36.4 Å². The molecular formula is C17H16FN3O3. The molecule has 0 aliphatic rings. The second-order valence-corrected chi connectivity index (χ2v) is 4.87. The zero-order valence-electron chi connectivity index (χ0n) is 12.9. The van der Waals surface area contributed by atoms with Gasteiger partial charge in [-0.15, -0.1) is 0 Å². The monoisotopic (exact) mass is 329 g/mol. The number of carbonyl (C=O) groups is 3. The van der Waals surface area contributed by atoms with E-state index in [1.54, 1.807) is 19.1 Å². The molecular weight excluding hydrogens is 313 g/mol. The van der Waals surface area contributed by atoms with Crippen LogP contribution in [0.25, 0.3) is 0 Å². The molecule has 6 nitrogen and oxygen atoms in total. The first kappa shape index (κ1) is 17.1. The SMILES string of the molecule is CCC(=O)Nc1ccc(C(=O)NNC(=O)c2ccccc2F)cc1. The van der Waals surface area contributed by atoms with E-state index < -0.39 is 17.6 Å². The van der Waals surface area contributed by atoms with Crippen molar-refractivity contribution in [2.75, 3.05) is 5.32 Å². The van der Waals surface area contributed by atoms with Gasteiger partial charge in [-0.1, -0.05) is 19.1 Å². The number of benzene rings is 2. The van der Waals surface area contributed by atoms with Crippen molar-refractivity contribution < 1.29 is 18.8 Å². The molecule has 0 unspecified atom stereocenters. The van der Waals surface area contributed by atoms with Crippen LogP contribution in [-0.4, -0.2) is 17.7 Å². The maximum absolute atomic E-state index is 13.5. The first-order valence-corrected chi connectivity index (χ1v) is 7.26. The Morgan fingerprint density at radius 1 is 0.917 bits per heavy atom. The third kappa shape index (κ3) is 4.39. The maximum atomic E-state index is 13.5. The summed E-state index contributed by atoms with van der Waals surface area (Å²) >= 11 is 0. The van der Waals surface area contributed by atoms with Crippen molar-refractivity contribution >= 4 is 23.4 Å². The van der Waals surface area contributed by atoms with Gasteiger partial charge < -0.3 is 5.32 Å². The Balaban J connectivity index is 1.94. The molecule has 0 aliphatic carbocycles. The second kappa shape index (κ2) is 7.87. The quantitative estimate of drug-likeness (QED) is 0.752. The fourth-order valence-electron chi connectivity index (χ4n) is 1.85. The van der Waals surface area contributed by atoms with Gasteiger partial charge in [0.05, 0.1) is 5.56 Å². The number of halogens is 1. The van der Waals surface area contributed by atoms with Crippen LogP contribution >= 0.6 is 0 Å². The van der Waals surface area contributed by atoms with E-state index >= 15 is 0 Å². The molecule has 0 heterocycles. The van der Waals surface area contributed by atoms with Crippen LogP contribution in [0.4, 0.5) is 10.1 Å². The van der Waals surface area contributed by atoms with E-state index in [9.17, 15) is 18.8 Å². The van der Waals surface area contributed by atoms with Gasteiger partial charge in [-0.2, -0.15) is 0 Å². The Bertz CT molecular complexity index is 760. The van der Waals surface area contributed by atoms with Crippen LogP contribution in [0.15, 0.2) is 48.5 Å². The predicted molar refractivity (Wildman–Crippen MR) is 86.7 cm³/mol. The molecule has 2 aromatic rings. The van der Waals surface area contributed by atoms with Crippen LogP contribution < -0.4 is 16.2 Å². The second-order valence-electron chi connectivity index (χ2n) is 4.87. The van der Waals surface area contributed by atoms with Crippen molar-refractivity contribution in [3.8, 4) is 0 Å². The minimum atomic E-state index is -0.756. The van der Waals surface area contributed by atoms with Crippen molar-refractivity contribution in [3.63, 3.8) is 0 Å². The zero-order valence-corrected chi connectivity index (χ0v) is 12.9. The Kier molecular flexibility index (Phi) is 5.62. The number of hydrazine groups is 1. The fraction of sp³-hybridized carbons (Fsp3) is 0.118. The molecule has 0 spiro atoms. The van der Waals surface area contributed by atoms with Gasteiger partial charge in [0.15, 0.2) is 0 Å². The standard InChI is InChI=1S/C17H16FN3O3/c1-2-15(22)19-12-9-7-11(8-10-12)16(23)20-21-17(24)13-5-3-4-6-14(13)18/h3-10H,2H2,1H3,(H,19,22)(H,20,23)(H,21,24). The van der Waals surface area contributed by atoms with Gasteiger partial charge in [0.25, 0.3) is 11.8 Å². The van der Waals surface area contributed by atoms with E-state index in [0.717, 1.165) is 6.07 Å². The molecule has 2 rings (SSSR count). The van der Waals surface area contributed by atoms with Crippen molar-refractivity contribution in [1.82, 2.24) is 10.9 Å². The number of carbonyl (C=O) groups excluding carboxylic acids is 3. The van der Waals surface area contributed by atoms with E-state index in [0.29, 0.717) is 12.1 Å². The molecule has 3 amide bonds. The summed E-state index contributed by atoms with van der Waals surface area (Å²) in [4.78, 5) is 35.0. The third-order valence-corrected chi connectivity index (χ3v) is 3.16. The zero-order chi connectivity index (χ0) is 17.5. The highest BCUT2D eigenvalue weighted by Gasteiger charge is 2.12. The Morgan fingerprint density at radius 3 is 2.17 bits per heavy atom. The highest BCUT2D eigenvalue weighted by molar-refractivity contribution is 5.99. The highest BCUT2D eigenvalue weighted by Crippen LogP contribution is 2.10. The molecule has 0 saturated carbocycles. The summed E-state index contributed by atoms with van der Waals surface area (Å²) in [6, 6.07) is 11.6. The average Bonchev–Trinajstić information content (AvgIpc) is 2.60. The molecule has 0 bridgehead atoms. The van der Waals surface area contributed by atoms with E-state index in [4.69, 9.17) is 0 Å². The summed E-state index contributed by atoms with van der Waals surface area (Å²) in [6.45, 7) is 1.73. The first-order chi connectivity index (χ1) is 11.5. The number of hydrogen-bond acceptors (Lipinski definition) is 3. The summed E-state index contributed by atoms with van der Waals surface area (Å²) in [6.07, 6.45) is 0.352. The van der Waals surface area contributed by atoms with Gasteiger partial charge >= 0.3 is 0 Å². The average molecular weight is 329 g/mol. The lowest BCUT2D eigenvalue weighted by molar-refractivity contribution is -0.115. The smallest absolute Gasteiger partial charge is 0.272 e. The molecule has 124 valence electrons. The summed E-state index contributed by atoms with van der Waals surface area (Å²) < 4.78 is 13.5. The van der Waals surface area contributed by atoms with Crippen molar-refractivity contribution in [3.05, 3.63) is 65.5 Å². The molecule has 0 fully saturated rings. The normalized spacial score (nSPS) is 9.92. The molecule has 3 N–H and O–H groups in total. The highest BCUT2D eigenvalue weighted by atomic mass is 19.1. The Hall–Kier alpha value is -3.22. The van der Waals surface area contributed by atoms with Gasteiger partial charge in [0, 0.05) is 17.7 Å². The molecule has 0 atom stereocenters. The molecule has 0 radical (unpaired) electrons. The third-order valence-electron chi connectivity index (χ3n) is 3.16. The van der Waals surface area contributed by atoms with Crippen LogP contribution in [0.5, 0.6) is 0 Å². The molecule has 2 aromatic carbocycles. The molecule has 0 aliphatic heterocycles. The van der Waals surface area contributed by atoms with E-state index in [1.807, 2.05) is 0 Å². The number of hydrogen-bond donors (Lipinski definition) is 3. The lowest BCUT2D eigenvalue weighted by atomic mass is 10.2. The fourth-order valence-corrected chi connectivity index (χ4v) is 1.85.